The zero-order valence-electron chi connectivity index (χ0n) is 16.1. The van der Waals surface area contributed by atoms with Gasteiger partial charge < -0.3 is 15.0 Å². The molecule has 146 valence electrons. The van der Waals surface area contributed by atoms with Crippen molar-refractivity contribution >= 4 is 17.5 Å². The Morgan fingerprint density at radius 1 is 1.18 bits per heavy atom. The first-order valence-corrected chi connectivity index (χ1v) is 9.73. The van der Waals surface area contributed by atoms with Gasteiger partial charge in [0.05, 0.1) is 17.8 Å². The lowest BCUT2D eigenvalue weighted by Crippen LogP contribution is -2.42. The summed E-state index contributed by atoms with van der Waals surface area (Å²) in [4.78, 5) is 32.2. The number of likely N-dealkylation sites (tertiary alicyclic amines) is 1. The molecule has 2 saturated heterocycles. The van der Waals surface area contributed by atoms with E-state index < -0.39 is 0 Å². The number of carbonyl (C=O) groups is 2. The van der Waals surface area contributed by atoms with Gasteiger partial charge in [0.15, 0.2) is 0 Å². The highest BCUT2D eigenvalue weighted by Gasteiger charge is 2.51. The van der Waals surface area contributed by atoms with Crippen molar-refractivity contribution in [3.05, 3.63) is 59.9 Å². The molecule has 1 aromatic carbocycles. The summed E-state index contributed by atoms with van der Waals surface area (Å²) in [6.45, 7) is 4.22. The SMILES string of the molecule is Cc1ccccc1C(=O)N1CC(C(=O)Nc2cccnc2)C2(CCOCC2)C1. The number of benzene rings is 1. The third kappa shape index (κ3) is 3.52. The van der Waals surface area contributed by atoms with Crippen LogP contribution in [-0.4, -0.2) is 48.0 Å². The second-order valence-corrected chi connectivity index (χ2v) is 7.76. The summed E-state index contributed by atoms with van der Waals surface area (Å²) < 4.78 is 5.56. The Bertz CT molecular complexity index is 862. The molecule has 2 fully saturated rings. The number of rotatable bonds is 3. The predicted octanol–water partition coefficient (Wildman–Crippen LogP) is 2.90. The van der Waals surface area contributed by atoms with E-state index in [1.165, 1.54) is 0 Å². The number of hydrogen-bond acceptors (Lipinski definition) is 4. The van der Waals surface area contributed by atoms with Crippen LogP contribution in [0.4, 0.5) is 5.69 Å². The van der Waals surface area contributed by atoms with Gasteiger partial charge in [0.1, 0.15) is 0 Å². The quantitative estimate of drug-likeness (QED) is 0.890. The number of nitrogens with zero attached hydrogens (tertiary/aromatic N) is 2. The smallest absolute Gasteiger partial charge is 0.254 e. The number of amides is 2. The molecule has 2 amide bonds. The van der Waals surface area contributed by atoms with E-state index >= 15 is 0 Å². The Kier molecular flexibility index (Phi) is 5.13. The molecule has 1 aromatic heterocycles. The monoisotopic (exact) mass is 379 g/mol. The third-order valence-electron chi connectivity index (χ3n) is 6.04. The highest BCUT2D eigenvalue weighted by molar-refractivity contribution is 5.98. The van der Waals surface area contributed by atoms with E-state index in [1.807, 2.05) is 42.2 Å². The van der Waals surface area contributed by atoms with Crippen molar-refractivity contribution in [2.75, 3.05) is 31.6 Å². The largest absolute Gasteiger partial charge is 0.381 e. The van der Waals surface area contributed by atoms with Gasteiger partial charge in [0.2, 0.25) is 5.91 Å². The molecule has 2 aliphatic heterocycles. The summed E-state index contributed by atoms with van der Waals surface area (Å²) in [5.41, 5.74) is 2.11. The molecule has 0 radical (unpaired) electrons. The molecule has 1 unspecified atom stereocenters. The minimum absolute atomic E-state index is 0.000597. The minimum atomic E-state index is -0.260. The molecule has 28 heavy (non-hydrogen) atoms. The van der Waals surface area contributed by atoms with Gasteiger partial charge in [0.25, 0.3) is 5.91 Å². The summed E-state index contributed by atoms with van der Waals surface area (Å²) in [5.74, 6) is -0.305. The average Bonchev–Trinajstić information content (AvgIpc) is 3.08. The molecule has 1 N–H and O–H groups in total. The van der Waals surface area contributed by atoms with E-state index in [9.17, 15) is 9.59 Å². The fourth-order valence-corrected chi connectivity index (χ4v) is 4.42. The summed E-state index contributed by atoms with van der Waals surface area (Å²) in [6, 6.07) is 11.2. The van der Waals surface area contributed by atoms with Gasteiger partial charge in [-0.05, 0) is 43.5 Å². The second kappa shape index (κ2) is 7.72. The highest BCUT2D eigenvalue weighted by Crippen LogP contribution is 2.45. The zero-order valence-corrected chi connectivity index (χ0v) is 16.1. The summed E-state index contributed by atoms with van der Waals surface area (Å²) >= 11 is 0. The number of ether oxygens (including phenoxy) is 1. The van der Waals surface area contributed by atoms with Crippen LogP contribution in [0.5, 0.6) is 0 Å². The number of carbonyl (C=O) groups excluding carboxylic acids is 2. The molecule has 1 spiro atoms. The Balaban J connectivity index is 1.58. The van der Waals surface area contributed by atoms with Crippen molar-refractivity contribution in [3.8, 4) is 0 Å². The first-order chi connectivity index (χ1) is 13.6. The van der Waals surface area contributed by atoms with E-state index in [2.05, 4.69) is 10.3 Å². The normalized spacial score (nSPS) is 20.9. The lowest BCUT2D eigenvalue weighted by Gasteiger charge is -2.37. The van der Waals surface area contributed by atoms with Gasteiger partial charge in [-0.3, -0.25) is 14.6 Å². The van der Waals surface area contributed by atoms with Crippen molar-refractivity contribution in [1.29, 1.82) is 0 Å². The van der Waals surface area contributed by atoms with Gasteiger partial charge in [0, 0.05) is 43.5 Å². The Labute approximate surface area is 164 Å². The maximum atomic E-state index is 13.2. The fourth-order valence-electron chi connectivity index (χ4n) is 4.42. The summed E-state index contributed by atoms with van der Waals surface area (Å²) in [5, 5.41) is 2.99. The first kappa shape index (κ1) is 18.6. The van der Waals surface area contributed by atoms with Crippen molar-refractivity contribution in [3.63, 3.8) is 0 Å². The van der Waals surface area contributed by atoms with Crippen LogP contribution in [0.3, 0.4) is 0 Å². The Morgan fingerprint density at radius 3 is 2.68 bits per heavy atom. The van der Waals surface area contributed by atoms with E-state index in [0.29, 0.717) is 37.6 Å². The number of aryl methyl sites for hydroxylation is 1. The van der Waals surface area contributed by atoms with Crippen LogP contribution in [-0.2, 0) is 9.53 Å². The van der Waals surface area contributed by atoms with Crippen LogP contribution >= 0.6 is 0 Å². The summed E-state index contributed by atoms with van der Waals surface area (Å²) in [6.07, 6.45) is 4.89. The predicted molar refractivity (Wildman–Crippen MR) is 106 cm³/mol. The van der Waals surface area contributed by atoms with Gasteiger partial charge in [-0.1, -0.05) is 18.2 Å². The first-order valence-electron chi connectivity index (χ1n) is 9.73. The maximum absolute atomic E-state index is 13.2. The van der Waals surface area contributed by atoms with Crippen LogP contribution in [0.25, 0.3) is 0 Å². The number of hydrogen-bond donors (Lipinski definition) is 1. The molecule has 2 aliphatic rings. The van der Waals surface area contributed by atoms with Crippen molar-refractivity contribution in [1.82, 2.24) is 9.88 Å². The molecule has 4 rings (SSSR count). The van der Waals surface area contributed by atoms with Crippen LogP contribution in [0, 0.1) is 18.3 Å². The molecule has 3 heterocycles. The molecule has 0 bridgehead atoms. The number of nitrogens with one attached hydrogen (secondary N) is 1. The topological polar surface area (TPSA) is 71.5 Å². The fraction of sp³-hybridized carbons (Fsp3) is 0.409. The Hall–Kier alpha value is -2.73. The van der Waals surface area contributed by atoms with Crippen LogP contribution in [0.2, 0.25) is 0 Å². The molecule has 6 nitrogen and oxygen atoms in total. The van der Waals surface area contributed by atoms with Crippen molar-refractivity contribution < 1.29 is 14.3 Å². The van der Waals surface area contributed by atoms with Gasteiger partial charge >= 0.3 is 0 Å². The molecule has 1 atom stereocenters. The molecular weight excluding hydrogens is 354 g/mol. The maximum Gasteiger partial charge on any atom is 0.254 e. The van der Waals surface area contributed by atoms with Gasteiger partial charge in [-0.15, -0.1) is 0 Å². The summed E-state index contributed by atoms with van der Waals surface area (Å²) in [7, 11) is 0. The Morgan fingerprint density at radius 2 is 1.96 bits per heavy atom. The zero-order chi connectivity index (χ0) is 19.6. The van der Waals surface area contributed by atoms with E-state index in [-0.39, 0.29) is 23.1 Å². The van der Waals surface area contributed by atoms with Crippen LogP contribution < -0.4 is 5.32 Å². The number of aromatic nitrogens is 1. The lowest BCUT2D eigenvalue weighted by atomic mass is 9.71. The minimum Gasteiger partial charge on any atom is -0.381 e. The third-order valence-corrected chi connectivity index (χ3v) is 6.04. The molecule has 0 aliphatic carbocycles. The van der Waals surface area contributed by atoms with E-state index in [0.717, 1.165) is 18.4 Å². The van der Waals surface area contributed by atoms with Crippen LogP contribution in [0.15, 0.2) is 48.8 Å². The van der Waals surface area contributed by atoms with E-state index in [1.54, 1.807) is 18.5 Å². The van der Waals surface area contributed by atoms with Gasteiger partial charge in [-0.2, -0.15) is 0 Å². The number of pyridine rings is 1. The highest BCUT2D eigenvalue weighted by atomic mass is 16.5. The number of anilines is 1. The lowest BCUT2D eigenvalue weighted by molar-refractivity contribution is -0.124. The van der Waals surface area contributed by atoms with Crippen molar-refractivity contribution in [2.24, 2.45) is 11.3 Å². The second-order valence-electron chi connectivity index (χ2n) is 7.76. The molecular formula is C22H25N3O3. The standard InChI is InChI=1S/C22H25N3O3/c1-16-5-2-3-7-18(16)21(27)25-14-19(22(15-25)8-11-28-12-9-22)20(26)24-17-6-4-10-23-13-17/h2-7,10,13,19H,8-9,11-12,14-15H2,1H3,(H,24,26). The molecule has 2 aromatic rings. The molecule has 0 saturated carbocycles. The van der Waals surface area contributed by atoms with Gasteiger partial charge in [-0.25, -0.2) is 0 Å². The molecule has 6 heteroatoms. The van der Waals surface area contributed by atoms with Crippen molar-refractivity contribution in [2.45, 2.75) is 19.8 Å². The average molecular weight is 379 g/mol. The van der Waals surface area contributed by atoms with E-state index in [4.69, 9.17) is 4.74 Å². The van der Waals surface area contributed by atoms with Crippen LogP contribution in [0.1, 0.15) is 28.8 Å².